The lowest BCUT2D eigenvalue weighted by Crippen LogP contribution is -2.40. The van der Waals surface area contributed by atoms with Crippen LogP contribution < -0.4 is 14.8 Å². The molecule has 1 saturated heterocycles. The normalized spacial score (nSPS) is 21.4. The molecule has 1 atom stereocenters. The van der Waals surface area contributed by atoms with E-state index in [1.165, 1.54) is 19.4 Å². The molecule has 2 heterocycles. The summed E-state index contributed by atoms with van der Waals surface area (Å²) in [6, 6.07) is 5.37. The van der Waals surface area contributed by atoms with Crippen molar-refractivity contribution in [2.24, 2.45) is 5.92 Å². The Bertz CT molecular complexity index is 533. The van der Waals surface area contributed by atoms with Crippen LogP contribution in [0.1, 0.15) is 30.1 Å². The van der Waals surface area contributed by atoms with Gasteiger partial charge in [-0.15, -0.1) is 0 Å². The Morgan fingerprint density at radius 3 is 2.95 bits per heavy atom. The molecule has 1 fully saturated rings. The van der Waals surface area contributed by atoms with E-state index in [0.29, 0.717) is 36.2 Å². The molecule has 0 aliphatic carbocycles. The van der Waals surface area contributed by atoms with E-state index in [9.17, 15) is 4.79 Å². The SMILES string of the molecule is CCN1CCCC(CNC(=O)c2ccc3c(c2)OCCO3)C1. The molecule has 0 spiro atoms. The molecule has 0 aromatic heterocycles. The lowest BCUT2D eigenvalue weighted by Gasteiger charge is -2.31. The minimum absolute atomic E-state index is 0.0365. The maximum absolute atomic E-state index is 12.3. The standard InChI is InChI=1S/C17H24N2O3/c1-2-19-7-3-4-13(12-19)11-18-17(20)14-5-6-15-16(10-14)22-9-8-21-15/h5-6,10,13H,2-4,7-9,11-12H2,1H3,(H,18,20). The van der Waals surface area contributed by atoms with Gasteiger partial charge in [-0.05, 0) is 50.0 Å². The number of amides is 1. The predicted octanol–water partition coefficient (Wildman–Crippen LogP) is 1.92. The third kappa shape index (κ3) is 3.53. The predicted molar refractivity (Wildman–Crippen MR) is 84.6 cm³/mol. The number of rotatable bonds is 4. The van der Waals surface area contributed by atoms with Crippen LogP contribution in [0, 0.1) is 5.92 Å². The van der Waals surface area contributed by atoms with Crippen molar-refractivity contribution >= 4 is 5.91 Å². The largest absolute Gasteiger partial charge is 0.486 e. The van der Waals surface area contributed by atoms with E-state index in [2.05, 4.69) is 17.1 Å². The second kappa shape index (κ2) is 7.01. The van der Waals surface area contributed by atoms with Crippen LogP contribution in [0.4, 0.5) is 0 Å². The van der Waals surface area contributed by atoms with Crippen LogP contribution in [0.15, 0.2) is 18.2 Å². The van der Waals surface area contributed by atoms with Crippen LogP contribution in [-0.4, -0.2) is 50.2 Å². The van der Waals surface area contributed by atoms with Gasteiger partial charge in [-0.2, -0.15) is 0 Å². The summed E-state index contributed by atoms with van der Waals surface area (Å²) in [6.07, 6.45) is 2.41. The number of likely N-dealkylation sites (tertiary alicyclic amines) is 1. The smallest absolute Gasteiger partial charge is 0.251 e. The average Bonchev–Trinajstić information content (AvgIpc) is 2.59. The highest BCUT2D eigenvalue weighted by Crippen LogP contribution is 2.30. The van der Waals surface area contributed by atoms with Crippen LogP contribution >= 0.6 is 0 Å². The number of ether oxygens (including phenoxy) is 2. The van der Waals surface area contributed by atoms with Crippen LogP contribution in [-0.2, 0) is 0 Å². The molecule has 22 heavy (non-hydrogen) atoms. The zero-order valence-corrected chi connectivity index (χ0v) is 13.1. The number of carbonyl (C=O) groups is 1. The summed E-state index contributed by atoms with van der Waals surface area (Å²) >= 11 is 0. The molecule has 5 nitrogen and oxygen atoms in total. The molecule has 2 aliphatic rings. The van der Waals surface area contributed by atoms with E-state index < -0.39 is 0 Å². The Kier molecular flexibility index (Phi) is 4.83. The highest BCUT2D eigenvalue weighted by Gasteiger charge is 2.20. The van der Waals surface area contributed by atoms with Gasteiger partial charge in [0.1, 0.15) is 13.2 Å². The molecule has 5 heteroatoms. The first-order valence-corrected chi connectivity index (χ1v) is 8.16. The Balaban J connectivity index is 1.55. The number of hydrogen-bond acceptors (Lipinski definition) is 4. The first kappa shape index (κ1) is 15.2. The van der Waals surface area contributed by atoms with Gasteiger partial charge in [0.25, 0.3) is 5.91 Å². The third-order valence-electron chi connectivity index (χ3n) is 4.41. The maximum atomic E-state index is 12.3. The molecule has 1 N–H and O–H groups in total. The van der Waals surface area contributed by atoms with Gasteiger partial charge in [0.15, 0.2) is 11.5 Å². The first-order valence-electron chi connectivity index (χ1n) is 8.16. The van der Waals surface area contributed by atoms with Crippen molar-refractivity contribution in [3.63, 3.8) is 0 Å². The van der Waals surface area contributed by atoms with E-state index >= 15 is 0 Å². The Morgan fingerprint density at radius 2 is 2.14 bits per heavy atom. The topological polar surface area (TPSA) is 50.8 Å². The average molecular weight is 304 g/mol. The lowest BCUT2D eigenvalue weighted by molar-refractivity contribution is 0.0932. The highest BCUT2D eigenvalue weighted by atomic mass is 16.6. The van der Waals surface area contributed by atoms with Crippen molar-refractivity contribution in [1.29, 1.82) is 0 Å². The number of hydrogen-bond donors (Lipinski definition) is 1. The van der Waals surface area contributed by atoms with Crippen molar-refractivity contribution in [2.75, 3.05) is 39.4 Å². The summed E-state index contributed by atoms with van der Waals surface area (Å²) in [5, 5.41) is 3.06. The maximum Gasteiger partial charge on any atom is 0.251 e. The van der Waals surface area contributed by atoms with Gasteiger partial charge in [0.05, 0.1) is 0 Å². The van der Waals surface area contributed by atoms with Crippen LogP contribution in [0.2, 0.25) is 0 Å². The third-order valence-corrected chi connectivity index (χ3v) is 4.41. The highest BCUT2D eigenvalue weighted by molar-refractivity contribution is 5.94. The second-order valence-corrected chi connectivity index (χ2v) is 5.97. The van der Waals surface area contributed by atoms with Crippen LogP contribution in [0.25, 0.3) is 0 Å². The van der Waals surface area contributed by atoms with Gasteiger partial charge in [-0.3, -0.25) is 4.79 Å². The number of fused-ring (bicyclic) bond motifs is 1. The van der Waals surface area contributed by atoms with Crippen molar-refractivity contribution in [2.45, 2.75) is 19.8 Å². The van der Waals surface area contributed by atoms with Gasteiger partial charge >= 0.3 is 0 Å². The van der Waals surface area contributed by atoms with Gasteiger partial charge in [0, 0.05) is 18.7 Å². The van der Waals surface area contributed by atoms with Gasteiger partial charge < -0.3 is 19.7 Å². The first-order chi connectivity index (χ1) is 10.8. The molecule has 2 aliphatic heterocycles. The summed E-state index contributed by atoms with van der Waals surface area (Å²) in [6.45, 7) is 7.38. The van der Waals surface area contributed by atoms with Crippen LogP contribution in [0.3, 0.4) is 0 Å². The minimum atomic E-state index is -0.0365. The molecule has 120 valence electrons. The van der Waals surface area contributed by atoms with Crippen molar-refractivity contribution < 1.29 is 14.3 Å². The molecule has 0 saturated carbocycles. The summed E-state index contributed by atoms with van der Waals surface area (Å²) in [5.74, 6) is 1.89. The molecule has 3 rings (SSSR count). The number of benzene rings is 1. The van der Waals surface area contributed by atoms with Gasteiger partial charge in [-0.25, -0.2) is 0 Å². The monoisotopic (exact) mass is 304 g/mol. The summed E-state index contributed by atoms with van der Waals surface area (Å²) in [5.41, 5.74) is 0.632. The molecule has 1 aromatic rings. The van der Waals surface area contributed by atoms with Gasteiger partial charge in [0.2, 0.25) is 0 Å². The molecular formula is C17H24N2O3. The van der Waals surface area contributed by atoms with E-state index in [0.717, 1.165) is 19.6 Å². The summed E-state index contributed by atoms with van der Waals surface area (Å²) in [7, 11) is 0. The Morgan fingerprint density at radius 1 is 1.32 bits per heavy atom. The van der Waals surface area contributed by atoms with Crippen molar-refractivity contribution in [1.82, 2.24) is 10.2 Å². The van der Waals surface area contributed by atoms with E-state index in [-0.39, 0.29) is 5.91 Å². The molecule has 0 radical (unpaired) electrons. The Hall–Kier alpha value is -1.75. The number of nitrogens with one attached hydrogen (secondary N) is 1. The van der Waals surface area contributed by atoms with Gasteiger partial charge in [-0.1, -0.05) is 6.92 Å². The van der Waals surface area contributed by atoms with Crippen molar-refractivity contribution in [3.05, 3.63) is 23.8 Å². The Labute approximate surface area is 131 Å². The summed E-state index contributed by atoms with van der Waals surface area (Å²) in [4.78, 5) is 14.8. The zero-order valence-electron chi connectivity index (χ0n) is 13.1. The molecular weight excluding hydrogens is 280 g/mol. The minimum Gasteiger partial charge on any atom is -0.486 e. The molecule has 1 amide bonds. The molecule has 1 unspecified atom stereocenters. The van der Waals surface area contributed by atoms with Crippen LogP contribution in [0.5, 0.6) is 11.5 Å². The fraction of sp³-hybridized carbons (Fsp3) is 0.588. The fourth-order valence-corrected chi connectivity index (χ4v) is 3.13. The quantitative estimate of drug-likeness (QED) is 0.923. The van der Waals surface area contributed by atoms with Crippen molar-refractivity contribution in [3.8, 4) is 11.5 Å². The fourth-order valence-electron chi connectivity index (χ4n) is 3.13. The van der Waals surface area contributed by atoms with E-state index in [1.54, 1.807) is 12.1 Å². The molecule has 1 aromatic carbocycles. The van der Waals surface area contributed by atoms with E-state index in [4.69, 9.17) is 9.47 Å². The summed E-state index contributed by atoms with van der Waals surface area (Å²) < 4.78 is 11.0. The zero-order chi connectivity index (χ0) is 15.4. The number of carbonyl (C=O) groups excluding carboxylic acids is 1. The number of nitrogens with zero attached hydrogens (tertiary/aromatic N) is 1. The lowest BCUT2D eigenvalue weighted by atomic mass is 9.98. The molecule has 0 bridgehead atoms. The number of piperidine rings is 1. The van der Waals surface area contributed by atoms with E-state index in [1.807, 2.05) is 6.07 Å². The second-order valence-electron chi connectivity index (χ2n) is 5.97.